The molecule has 1 aliphatic heterocycles. The molecule has 0 radical (unpaired) electrons. The van der Waals surface area contributed by atoms with Crippen molar-refractivity contribution in [2.45, 2.75) is 25.5 Å². The lowest BCUT2D eigenvalue weighted by Crippen LogP contribution is -2.31. The van der Waals surface area contributed by atoms with Crippen LogP contribution in [0.2, 0.25) is 0 Å². The van der Waals surface area contributed by atoms with Crippen molar-refractivity contribution in [3.8, 4) is 0 Å². The molecule has 4 rings (SSSR count). The maximum atomic E-state index is 12.4. The summed E-state index contributed by atoms with van der Waals surface area (Å²) in [6.45, 7) is 1.71. The first-order valence-corrected chi connectivity index (χ1v) is 12.0. The summed E-state index contributed by atoms with van der Waals surface area (Å²) in [7, 11) is 0. The molecule has 1 aliphatic rings. The van der Waals surface area contributed by atoms with Gasteiger partial charge in [-0.1, -0.05) is 36.4 Å². The molecule has 1 saturated heterocycles. The molecule has 8 nitrogen and oxygen atoms in total. The Balaban J connectivity index is 1.21. The molecule has 0 aliphatic carbocycles. The van der Waals surface area contributed by atoms with E-state index in [1.165, 1.54) is 0 Å². The van der Waals surface area contributed by atoms with Crippen LogP contribution in [-0.2, 0) is 16.1 Å². The summed E-state index contributed by atoms with van der Waals surface area (Å²) in [4.78, 5) is 37.2. The molecule has 0 bridgehead atoms. The van der Waals surface area contributed by atoms with Crippen LogP contribution in [0.15, 0.2) is 78.9 Å². The van der Waals surface area contributed by atoms with Gasteiger partial charge in [-0.3, -0.25) is 14.4 Å². The summed E-state index contributed by atoms with van der Waals surface area (Å²) in [5, 5.41) is 11.6. The van der Waals surface area contributed by atoms with Crippen LogP contribution in [0.4, 0.5) is 11.4 Å². The van der Waals surface area contributed by atoms with Crippen LogP contribution in [0.3, 0.4) is 0 Å². The van der Waals surface area contributed by atoms with Gasteiger partial charge in [0.25, 0.3) is 11.8 Å². The molecule has 0 spiro atoms. The number of ether oxygens (including phenoxy) is 1. The Kier molecular flexibility index (Phi) is 8.67. The molecule has 1 heterocycles. The molecule has 8 heteroatoms. The van der Waals surface area contributed by atoms with E-state index in [2.05, 4.69) is 21.3 Å². The van der Waals surface area contributed by atoms with Crippen molar-refractivity contribution in [3.63, 3.8) is 0 Å². The number of nitrogens with one attached hydrogen (secondary N) is 4. The average Bonchev–Trinajstić information content (AvgIpc) is 3.44. The summed E-state index contributed by atoms with van der Waals surface area (Å²) in [6.07, 6.45) is 2.04. The van der Waals surface area contributed by atoms with Crippen LogP contribution < -0.4 is 21.3 Å². The maximum absolute atomic E-state index is 12.4. The number of amides is 3. The molecule has 1 unspecified atom stereocenters. The molecule has 3 amide bonds. The average molecular weight is 487 g/mol. The van der Waals surface area contributed by atoms with Gasteiger partial charge in [0.05, 0.1) is 12.6 Å². The van der Waals surface area contributed by atoms with E-state index in [0.29, 0.717) is 35.6 Å². The van der Waals surface area contributed by atoms with Crippen molar-refractivity contribution >= 4 is 29.1 Å². The Morgan fingerprint density at radius 3 is 2.33 bits per heavy atom. The maximum Gasteiger partial charge on any atom is 0.251 e. The number of hydrogen-bond donors (Lipinski definition) is 4. The van der Waals surface area contributed by atoms with Crippen LogP contribution in [0.1, 0.15) is 39.1 Å². The predicted molar refractivity (Wildman–Crippen MR) is 139 cm³/mol. The number of anilines is 2. The first-order chi connectivity index (χ1) is 17.6. The topological polar surface area (TPSA) is 109 Å². The van der Waals surface area contributed by atoms with Gasteiger partial charge in [-0.05, 0) is 60.9 Å². The lowest BCUT2D eigenvalue weighted by atomic mass is 10.1. The van der Waals surface area contributed by atoms with Crippen molar-refractivity contribution < 1.29 is 19.1 Å². The lowest BCUT2D eigenvalue weighted by Gasteiger charge is -2.12. The number of benzene rings is 3. The normalized spacial score (nSPS) is 14.6. The molecule has 0 aromatic heterocycles. The zero-order valence-electron chi connectivity index (χ0n) is 20.0. The highest BCUT2D eigenvalue weighted by atomic mass is 16.5. The summed E-state index contributed by atoms with van der Waals surface area (Å²) in [6, 6.07) is 23.4. The van der Waals surface area contributed by atoms with Gasteiger partial charge in [0.2, 0.25) is 5.91 Å². The molecule has 3 aromatic carbocycles. The molecule has 3 aromatic rings. The van der Waals surface area contributed by atoms with Crippen LogP contribution in [0.5, 0.6) is 0 Å². The van der Waals surface area contributed by atoms with Crippen LogP contribution in [0, 0.1) is 0 Å². The molecule has 4 N–H and O–H groups in total. The van der Waals surface area contributed by atoms with E-state index < -0.39 is 0 Å². The van der Waals surface area contributed by atoms with E-state index in [4.69, 9.17) is 4.74 Å². The highest BCUT2D eigenvalue weighted by Crippen LogP contribution is 2.14. The molecule has 0 saturated carbocycles. The monoisotopic (exact) mass is 486 g/mol. The smallest absolute Gasteiger partial charge is 0.251 e. The molecule has 186 valence electrons. The van der Waals surface area contributed by atoms with Crippen molar-refractivity contribution in [2.24, 2.45) is 0 Å². The van der Waals surface area contributed by atoms with E-state index in [1.54, 1.807) is 48.5 Å². The van der Waals surface area contributed by atoms with Gasteiger partial charge in [-0.25, -0.2) is 0 Å². The Bertz CT molecular complexity index is 1180. The Hall–Kier alpha value is -4.17. The minimum absolute atomic E-state index is 0.0367. The summed E-state index contributed by atoms with van der Waals surface area (Å²) in [5.41, 5.74) is 3.29. The van der Waals surface area contributed by atoms with Crippen LogP contribution in [-0.4, -0.2) is 43.5 Å². The standard InChI is InChI=1S/C28H30N4O4/c33-26(32-24-9-4-8-22(16-24)28(35)31-18-25-10-5-15-36-25)19-29-23-13-11-21(12-14-23)27(34)30-17-20-6-2-1-3-7-20/h1-4,6-9,11-14,16,25,29H,5,10,15,17-19H2,(H,30,34)(H,31,35)(H,32,33). The van der Waals surface area contributed by atoms with E-state index in [-0.39, 0.29) is 30.4 Å². The van der Waals surface area contributed by atoms with Crippen molar-refractivity contribution in [1.29, 1.82) is 0 Å². The second-order valence-electron chi connectivity index (χ2n) is 8.57. The Labute approximate surface area is 210 Å². The van der Waals surface area contributed by atoms with Crippen molar-refractivity contribution in [3.05, 3.63) is 95.6 Å². The van der Waals surface area contributed by atoms with Gasteiger partial charge in [0, 0.05) is 42.2 Å². The quantitative estimate of drug-likeness (QED) is 0.350. The van der Waals surface area contributed by atoms with Gasteiger partial charge in [0.15, 0.2) is 0 Å². The predicted octanol–water partition coefficient (Wildman–Crippen LogP) is 3.58. The largest absolute Gasteiger partial charge is 0.376 e. The zero-order valence-corrected chi connectivity index (χ0v) is 20.0. The van der Waals surface area contributed by atoms with Gasteiger partial charge < -0.3 is 26.0 Å². The van der Waals surface area contributed by atoms with Gasteiger partial charge in [-0.15, -0.1) is 0 Å². The SMILES string of the molecule is O=C(CNc1ccc(C(=O)NCc2ccccc2)cc1)Nc1cccc(C(=O)NCC2CCCO2)c1. The van der Waals surface area contributed by atoms with Crippen molar-refractivity contribution in [2.75, 3.05) is 30.3 Å². The number of carbonyl (C=O) groups excluding carboxylic acids is 3. The molecular formula is C28H30N4O4. The second-order valence-corrected chi connectivity index (χ2v) is 8.57. The highest BCUT2D eigenvalue weighted by molar-refractivity contribution is 5.98. The summed E-state index contributed by atoms with van der Waals surface area (Å²) in [5.74, 6) is -0.618. The van der Waals surface area contributed by atoms with Crippen molar-refractivity contribution in [1.82, 2.24) is 10.6 Å². The molecule has 1 fully saturated rings. The van der Waals surface area contributed by atoms with Gasteiger partial charge >= 0.3 is 0 Å². The third kappa shape index (κ3) is 7.41. The fourth-order valence-electron chi connectivity index (χ4n) is 3.86. The molecular weight excluding hydrogens is 456 g/mol. The Morgan fingerprint density at radius 2 is 1.58 bits per heavy atom. The lowest BCUT2D eigenvalue weighted by molar-refractivity contribution is -0.114. The zero-order chi connectivity index (χ0) is 25.2. The number of carbonyl (C=O) groups is 3. The summed E-state index contributed by atoms with van der Waals surface area (Å²) >= 11 is 0. The second kappa shape index (κ2) is 12.5. The molecule has 1 atom stereocenters. The number of hydrogen-bond acceptors (Lipinski definition) is 5. The van der Waals surface area contributed by atoms with E-state index in [0.717, 1.165) is 25.0 Å². The van der Waals surface area contributed by atoms with E-state index >= 15 is 0 Å². The fourth-order valence-corrected chi connectivity index (χ4v) is 3.86. The number of rotatable bonds is 10. The minimum atomic E-state index is -0.253. The first kappa shape index (κ1) is 24.9. The minimum Gasteiger partial charge on any atom is -0.376 e. The first-order valence-electron chi connectivity index (χ1n) is 12.0. The van der Waals surface area contributed by atoms with E-state index in [9.17, 15) is 14.4 Å². The van der Waals surface area contributed by atoms with Crippen LogP contribution >= 0.6 is 0 Å². The highest BCUT2D eigenvalue weighted by Gasteiger charge is 2.17. The summed E-state index contributed by atoms with van der Waals surface area (Å²) < 4.78 is 5.53. The molecule has 36 heavy (non-hydrogen) atoms. The van der Waals surface area contributed by atoms with Gasteiger partial charge in [-0.2, -0.15) is 0 Å². The van der Waals surface area contributed by atoms with E-state index in [1.807, 2.05) is 30.3 Å². The van der Waals surface area contributed by atoms with Gasteiger partial charge in [0.1, 0.15) is 0 Å². The van der Waals surface area contributed by atoms with Crippen LogP contribution in [0.25, 0.3) is 0 Å². The third-order valence-corrected chi connectivity index (χ3v) is 5.82. The third-order valence-electron chi connectivity index (χ3n) is 5.82. The fraction of sp³-hybridized carbons (Fsp3) is 0.250. The Morgan fingerprint density at radius 1 is 0.806 bits per heavy atom.